The third-order valence-corrected chi connectivity index (χ3v) is 5.21. The summed E-state index contributed by atoms with van der Waals surface area (Å²) in [6.45, 7) is 1.15. The molecular weight excluding hydrogens is 363 g/mol. The molecule has 1 N–H and O–H groups in total. The van der Waals surface area contributed by atoms with Crippen molar-refractivity contribution in [3.63, 3.8) is 0 Å². The van der Waals surface area contributed by atoms with Crippen LogP contribution < -0.4 is 16.0 Å². The van der Waals surface area contributed by atoms with Crippen LogP contribution in [0.4, 0.5) is 4.39 Å². The van der Waals surface area contributed by atoms with Gasteiger partial charge in [0.1, 0.15) is 16.4 Å². The number of ketones is 1. The number of H-pyrrole nitrogens is 1. The molecular formula is C17H13FN2O5S. The first-order valence-corrected chi connectivity index (χ1v) is 8.27. The predicted molar refractivity (Wildman–Crippen MR) is 94.1 cm³/mol. The van der Waals surface area contributed by atoms with Crippen molar-refractivity contribution < 1.29 is 18.7 Å². The lowest BCUT2D eigenvalue weighted by Gasteiger charge is -2.09. The fraction of sp³-hybridized carbons (Fsp3) is 0.176. The number of aryl methyl sites for hydroxylation is 1. The van der Waals surface area contributed by atoms with Crippen molar-refractivity contribution in [1.29, 1.82) is 0 Å². The number of aldehydes is 1. The van der Waals surface area contributed by atoms with Gasteiger partial charge in [-0.3, -0.25) is 23.9 Å². The summed E-state index contributed by atoms with van der Waals surface area (Å²) in [5.74, 6) is -1.03. The monoisotopic (exact) mass is 376 g/mol. The van der Waals surface area contributed by atoms with Crippen LogP contribution in [0.3, 0.4) is 0 Å². The molecule has 0 unspecified atom stereocenters. The Balaban J connectivity index is 2.17. The van der Waals surface area contributed by atoms with E-state index in [1.54, 1.807) is 6.92 Å². The van der Waals surface area contributed by atoms with Gasteiger partial charge in [0, 0.05) is 0 Å². The van der Waals surface area contributed by atoms with Gasteiger partial charge in [0.15, 0.2) is 12.1 Å². The van der Waals surface area contributed by atoms with Crippen LogP contribution >= 0.6 is 11.3 Å². The molecule has 0 atom stereocenters. The van der Waals surface area contributed by atoms with Gasteiger partial charge in [-0.05, 0) is 30.7 Å². The van der Waals surface area contributed by atoms with Gasteiger partial charge in [-0.2, -0.15) is 0 Å². The van der Waals surface area contributed by atoms with E-state index in [4.69, 9.17) is 4.74 Å². The molecule has 3 rings (SSSR count). The van der Waals surface area contributed by atoms with Crippen LogP contribution in [0.1, 0.15) is 25.6 Å². The minimum atomic E-state index is -0.787. The maximum atomic E-state index is 13.5. The van der Waals surface area contributed by atoms with Gasteiger partial charge in [-0.1, -0.05) is 0 Å². The molecule has 3 aromatic rings. The molecule has 0 saturated heterocycles. The third-order valence-electron chi connectivity index (χ3n) is 3.97. The number of carbonyl (C=O) groups is 2. The molecule has 26 heavy (non-hydrogen) atoms. The number of ether oxygens (including phenoxy) is 1. The Labute approximate surface area is 149 Å². The quantitative estimate of drug-likeness (QED) is 0.542. The SMILES string of the molecule is COc1ccc(F)cc1C(=O)Cn1c(=O)[nH]c(=O)c2c(C)c(C=O)sc21. The zero-order valence-corrected chi connectivity index (χ0v) is 14.6. The molecule has 1 aromatic carbocycles. The smallest absolute Gasteiger partial charge is 0.329 e. The molecule has 9 heteroatoms. The van der Waals surface area contributed by atoms with E-state index in [2.05, 4.69) is 4.98 Å². The Hall–Kier alpha value is -3.07. The number of Topliss-reactive ketones (excluding diaryl/α,β-unsaturated/α-hetero) is 1. The van der Waals surface area contributed by atoms with Gasteiger partial charge in [0.2, 0.25) is 0 Å². The van der Waals surface area contributed by atoms with E-state index in [1.807, 2.05) is 0 Å². The van der Waals surface area contributed by atoms with E-state index in [-0.39, 0.29) is 21.5 Å². The minimum Gasteiger partial charge on any atom is -0.496 e. The summed E-state index contributed by atoms with van der Waals surface area (Å²) < 4.78 is 19.6. The highest BCUT2D eigenvalue weighted by molar-refractivity contribution is 7.20. The molecule has 2 heterocycles. The second-order valence-corrected chi connectivity index (χ2v) is 6.53. The summed E-state index contributed by atoms with van der Waals surface area (Å²) in [6.07, 6.45) is 0.589. The number of nitrogens with one attached hydrogen (secondary N) is 1. The molecule has 134 valence electrons. The first-order chi connectivity index (χ1) is 12.4. The number of methoxy groups -OCH3 is 1. The standard InChI is InChI=1S/C17H13FN2O5S/c1-8-13(7-21)26-16-14(8)15(23)19-17(24)20(16)6-11(22)10-5-9(18)3-4-12(10)25-2/h3-5,7H,6H2,1-2H3,(H,19,23,24). The van der Waals surface area contributed by atoms with Crippen LogP contribution in [0.2, 0.25) is 0 Å². The van der Waals surface area contributed by atoms with Crippen LogP contribution in [0.5, 0.6) is 5.75 Å². The number of nitrogens with zero attached hydrogens (tertiary/aromatic N) is 1. The van der Waals surface area contributed by atoms with Crippen LogP contribution in [0.25, 0.3) is 10.2 Å². The van der Waals surface area contributed by atoms with Crippen molar-refractivity contribution in [3.05, 3.63) is 60.9 Å². The van der Waals surface area contributed by atoms with Crippen LogP contribution in [-0.2, 0) is 6.54 Å². The second kappa shape index (κ2) is 6.68. The van der Waals surface area contributed by atoms with Crippen molar-refractivity contribution in [2.24, 2.45) is 0 Å². The summed E-state index contributed by atoms with van der Waals surface area (Å²) in [5.41, 5.74) is -1.00. The van der Waals surface area contributed by atoms with E-state index >= 15 is 0 Å². The Bertz CT molecular complexity index is 1160. The van der Waals surface area contributed by atoms with E-state index in [0.29, 0.717) is 16.7 Å². The minimum absolute atomic E-state index is 0.0253. The van der Waals surface area contributed by atoms with Crippen molar-refractivity contribution in [3.8, 4) is 5.75 Å². The predicted octanol–water partition coefficient (Wildman–Crippen LogP) is 1.90. The van der Waals surface area contributed by atoms with Crippen molar-refractivity contribution in [2.45, 2.75) is 13.5 Å². The van der Waals surface area contributed by atoms with Crippen molar-refractivity contribution in [1.82, 2.24) is 9.55 Å². The Morgan fingerprint density at radius 2 is 2.12 bits per heavy atom. The topological polar surface area (TPSA) is 98.2 Å². The molecule has 0 bridgehead atoms. The van der Waals surface area contributed by atoms with E-state index < -0.39 is 29.4 Å². The first kappa shape index (κ1) is 17.7. The van der Waals surface area contributed by atoms with E-state index in [9.17, 15) is 23.6 Å². The van der Waals surface area contributed by atoms with Crippen LogP contribution in [0.15, 0.2) is 27.8 Å². The number of hydrogen-bond acceptors (Lipinski definition) is 6. The van der Waals surface area contributed by atoms with Crippen molar-refractivity contribution >= 4 is 33.6 Å². The fourth-order valence-corrected chi connectivity index (χ4v) is 3.79. The normalized spacial score (nSPS) is 10.9. The summed E-state index contributed by atoms with van der Waals surface area (Å²) >= 11 is 0.946. The average molecular weight is 376 g/mol. The Morgan fingerprint density at radius 1 is 1.38 bits per heavy atom. The molecule has 0 saturated carbocycles. The van der Waals surface area contributed by atoms with E-state index in [1.165, 1.54) is 13.2 Å². The zero-order chi connectivity index (χ0) is 19.0. The summed E-state index contributed by atoms with van der Waals surface area (Å²) in [7, 11) is 1.34. The van der Waals surface area contributed by atoms with Crippen LogP contribution in [-0.4, -0.2) is 28.7 Å². The number of halogens is 1. The van der Waals surface area contributed by atoms with Gasteiger partial charge >= 0.3 is 5.69 Å². The molecule has 2 aromatic heterocycles. The number of aromatic amines is 1. The molecule has 0 aliphatic heterocycles. The largest absolute Gasteiger partial charge is 0.496 e. The number of fused-ring (bicyclic) bond motifs is 1. The second-order valence-electron chi connectivity index (χ2n) is 5.50. The third kappa shape index (κ3) is 2.86. The lowest BCUT2D eigenvalue weighted by atomic mass is 10.1. The number of carbonyl (C=O) groups excluding carboxylic acids is 2. The average Bonchev–Trinajstić information content (AvgIpc) is 2.95. The summed E-state index contributed by atoms with van der Waals surface area (Å²) in [6, 6.07) is 3.48. The molecule has 7 nitrogen and oxygen atoms in total. The van der Waals surface area contributed by atoms with E-state index in [0.717, 1.165) is 28.0 Å². The lowest BCUT2D eigenvalue weighted by Crippen LogP contribution is -2.32. The first-order valence-electron chi connectivity index (χ1n) is 7.45. The van der Waals surface area contributed by atoms with Gasteiger partial charge in [-0.25, -0.2) is 9.18 Å². The molecule has 0 amide bonds. The molecule has 0 spiro atoms. The highest BCUT2D eigenvalue weighted by Gasteiger charge is 2.20. The maximum absolute atomic E-state index is 13.5. The van der Waals surface area contributed by atoms with Crippen molar-refractivity contribution in [2.75, 3.05) is 7.11 Å². The Kier molecular flexibility index (Phi) is 4.56. The molecule has 0 aliphatic rings. The molecule has 0 radical (unpaired) electrons. The summed E-state index contributed by atoms with van der Waals surface area (Å²) in [5, 5.41) is 0.177. The zero-order valence-electron chi connectivity index (χ0n) is 13.8. The van der Waals surface area contributed by atoms with Gasteiger partial charge in [-0.15, -0.1) is 11.3 Å². The maximum Gasteiger partial charge on any atom is 0.329 e. The summed E-state index contributed by atoms with van der Waals surface area (Å²) in [4.78, 5) is 50.7. The number of hydrogen-bond donors (Lipinski definition) is 1. The Morgan fingerprint density at radius 3 is 2.77 bits per heavy atom. The van der Waals surface area contributed by atoms with Gasteiger partial charge < -0.3 is 4.74 Å². The number of rotatable bonds is 5. The molecule has 0 fully saturated rings. The highest BCUT2D eigenvalue weighted by atomic mass is 32.1. The van der Waals surface area contributed by atoms with Crippen LogP contribution in [0, 0.1) is 12.7 Å². The van der Waals surface area contributed by atoms with Gasteiger partial charge in [0.05, 0.1) is 29.5 Å². The number of benzene rings is 1. The van der Waals surface area contributed by atoms with Gasteiger partial charge in [0.25, 0.3) is 5.56 Å². The number of thiophene rings is 1. The number of aromatic nitrogens is 2. The highest BCUT2D eigenvalue weighted by Crippen LogP contribution is 2.27. The molecule has 0 aliphatic carbocycles. The fourth-order valence-electron chi connectivity index (χ4n) is 2.68. The lowest BCUT2D eigenvalue weighted by molar-refractivity contribution is 0.0968.